The van der Waals surface area contributed by atoms with Gasteiger partial charge in [0.25, 0.3) is 11.8 Å². The Bertz CT molecular complexity index is 570. The van der Waals surface area contributed by atoms with Crippen molar-refractivity contribution in [1.82, 2.24) is 16.0 Å². The van der Waals surface area contributed by atoms with E-state index in [0.717, 1.165) is 0 Å². The molecule has 0 bridgehead atoms. The number of rotatable bonds is 6. The van der Waals surface area contributed by atoms with Crippen LogP contribution in [0.25, 0.3) is 0 Å². The van der Waals surface area contributed by atoms with Gasteiger partial charge in [0.05, 0.1) is 19.7 Å². The van der Waals surface area contributed by atoms with E-state index >= 15 is 0 Å². The number of hydrogen-bond acceptors (Lipinski definition) is 4. The van der Waals surface area contributed by atoms with Gasteiger partial charge in [-0.2, -0.15) is 0 Å². The summed E-state index contributed by atoms with van der Waals surface area (Å²) in [6.07, 6.45) is -0.503. The second-order valence-corrected chi connectivity index (χ2v) is 5.27. The smallest absolute Gasteiger partial charge is 0.262 e. The van der Waals surface area contributed by atoms with Crippen LogP contribution in [0.2, 0.25) is 0 Å². The zero-order valence-corrected chi connectivity index (χ0v) is 13.9. The quantitative estimate of drug-likeness (QED) is 0.658. The van der Waals surface area contributed by atoms with E-state index in [1.807, 2.05) is 0 Å². The van der Waals surface area contributed by atoms with Gasteiger partial charge in [0.15, 0.2) is 0 Å². The number of carbonyl (C=O) groups excluding carboxylic acids is 2. The molecule has 1 aliphatic heterocycles. The Morgan fingerprint density at radius 2 is 1.88 bits per heavy atom. The molecule has 0 saturated carbocycles. The maximum atomic E-state index is 13.0. The van der Waals surface area contributed by atoms with E-state index in [0.29, 0.717) is 11.3 Å². The fourth-order valence-electron chi connectivity index (χ4n) is 2.23. The number of amides is 2. The number of alkyl halides is 2. The lowest BCUT2D eigenvalue weighted by Crippen LogP contribution is -2.43. The fourth-order valence-corrected chi connectivity index (χ4v) is 2.23. The molecule has 1 aliphatic rings. The van der Waals surface area contributed by atoms with Gasteiger partial charge in [-0.15, -0.1) is 12.4 Å². The molecule has 1 unspecified atom stereocenters. The van der Waals surface area contributed by atoms with Crippen molar-refractivity contribution in [3.05, 3.63) is 29.8 Å². The van der Waals surface area contributed by atoms with E-state index in [9.17, 15) is 18.4 Å². The van der Waals surface area contributed by atoms with E-state index in [4.69, 9.17) is 4.74 Å². The van der Waals surface area contributed by atoms with Crippen LogP contribution < -0.4 is 20.7 Å². The van der Waals surface area contributed by atoms with Crippen LogP contribution in [0.4, 0.5) is 8.78 Å². The topological polar surface area (TPSA) is 79.5 Å². The minimum atomic E-state index is -2.84. The normalized spacial score (nSPS) is 18.4. The van der Waals surface area contributed by atoms with Crippen LogP contribution in [0.1, 0.15) is 16.8 Å². The standard InChI is InChI=1S/C15H19F2N3O3.ClH/c1-23-11-4-2-10(3-5-11)13(21)18-6-7-19-14(22)12-8-15(16,17)9-20-12;/h2-5,12,20H,6-9H2,1H3,(H,18,21)(H,19,22);1H. The lowest BCUT2D eigenvalue weighted by atomic mass is 10.2. The third kappa shape index (κ3) is 5.61. The SMILES string of the molecule is COc1ccc(C(=O)NCCNC(=O)C2CC(F)(F)CN2)cc1.Cl. The zero-order valence-electron chi connectivity index (χ0n) is 13.1. The molecule has 2 amide bonds. The lowest BCUT2D eigenvalue weighted by Gasteiger charge is -2.11. The number of benzene rings is 1. The third-order valence-corrected chi connectivity index (χ3v) is 3.49. The molecule has 1 atom stereocenters. The van der Waals surface area contributed by atoms with Gasteiger partial charge in [0.1, 0.15) is 5.75 Å². The van der Waals surface area contributed by atoms with Crippen molar-refractivity contribution in [2.24, 2.45) is 0 Å². The molecule has 0 aliphatic carbocycles. The van der Waals surface area contributed by atoms with Crippen molar-refractivity contribution < 1.29 is 23.1 Å². The molecule has 1 aromatic carbocycles. The van der Waals surface area contributed by atoms with Gasteiger partial charge in [-0.25, -0.2) is 8.78 Å². The highest BCUT2D eigenvalue weighted by Gasteiger charge is 2.42. The van der Waals surface area contributed by atoms with Crippen molar-refractivity contribution in [3.8, 4) is 5.75 Å². The summed E-state index contributed by atoms with van der Waals surface area (Å²) in [6, 6.07) is 5.70. The van der Waals surface area contributed by atoms with Crippen LogP contribution in [0, 0.1) is 0 Å². The second kappa shape index (κ2) is 8.79. The van der Waals surface area contributed by atoms with Crippen LogP contribution in [-0.2, 0) is 4.79 Å². The molecule has 0 spiro atoms. The summed E-state index contributed by atoms with van der Waals surface area (Å²) < 4.78 is 31.0. The van der Waals surface area contributed by atoms with Crippen LogP contribution in [0.3, 0.4) is 0 Å². The van der Waals surface area contributed by atoms with Crippen molar-refractivity contribution in [3.63, 3.8) is 0 Å². The average molecular weight is 364 g/mol. The largest absolute Gasteiger partial charge is 0.497 e. The summed E-state index contributed by atoms with van der Waals surface area (Å²) in [5.74, 6) is -2.96. The Morgan fingerprint density at radius 1 is 1.25 bits per heavy atom. The Kier molecular flexibility index (Phi) is 7.37. The lowest BCUT2D eigenvalue weighted by molar-refractivity contribution is -0.123. The van der Waals surface area contributed by atoms with Gasteiger partial charge >= 0.3 is 0 Å². The molecular weight excluding hydrogens is 344 g/mol. The molecule has 1 heterocycles. The molecule has 9 heteroatoms. The predicted molar refractivity (Wildman–Crippen MR) is 86.9 cm³/mol. The van der Waals surface area contributed by atoms with Gasteiger partial charge in [-0.1, -0.05) is 0 Å². The molecule has 3 N–H and O–H groups in total. The van der Waals surface area contributed by atoms with Gasteiger partial charge in [0.2, 0.25) is 5.91 Å². The van der Waals surface area contributed by atoms with E-state index in [-0.39, 0.29) is 31.4 Å². The molecule has 2 rings (SSSR count). The first-order valence-electron chi connectivity index (χ1n) is 7.22. The number of hydrogen-bond donors (Lipinski definition) is 3. The minimum Gasteiger partial charge on any atom is -0.497 e. The monoisotopic (exact) mass is 363 g/mol. The van der Waals surface area contributed by atoms with Crippen LogP contribution in [0.5, 0.6) is 5.75 Å². The van der Waals surface area contributed by atoms with Gasteiger partial charge in [-0.05, 0) is 24.3 Å². The van der Waals surface area contributed by atoms with E-state index < -0.39 is 30.8 Å². The summed E-state index contributed by atoms with van der Waals surface area (Å²) in [6.45, 7) is -0.108. The number of ether oxygens (including phenoxy) is 1. The first kappa shape index (κ1) is 20.1. The van der Waals surface area contributed by atoms with Gasteiger partial charge < -0.3 is 15.4 Å². The number of halogens is 3. The van der Waals surface area contributed by atoms with Crippen molar-refractivity contribution in [2.45, 2.75) is 18.4 Å². The van der Waals surface area contributed by atoms with Crippen LogP contribution in [0.15, 0.2) is 24.3 Å². The predicted octanol–water partition coefficient (Wildman–Crippen LogP) is 0.960. The first-order chi connectivity index (χ1) is 10.9. The van der Waals surface area contributed by atoms with Crippen molar-refractivity contribution in [2.75, 3.05) is 26.7 Å². The first-order valence-corrected chi connectivity index (χ1v) is 7.22. The molecule has 24 heavy (non-hydrogen) atoms. The van der Waals surface area contributed by atoms with E-state index in [1.54, 1.807) is 24.3 Å². The summed E-state index contributed by atoms with van der Waals surface area (Å²) in [4.78, 5) is 23.5. The summed E-state index contributed by atoms with van der Waals surface area (Å²) in [5, 5.41) is 7.63. The van der Waals surface area contributed by atoms with Crippen molar-refractivity contribution in [1.29, 1.82) is 0 Å². The highest BCUT2D eigenvalue weighted by molar-refractivity contribution is 5.94. The Morgan fingerprint density at radius 3 is 2.42 bits per heavy atom. The Balaban J connectivity index is 0.00000288. The van der Waals surface area contributed by atoms with Crippen LogP contribution in [-0.4, -0.2) is 50.5 Å². The number of nitrogens with one attached hydrogen (secondary N) is 3. The average Bonchev–Trinajstić information content (AvgIpc) is 2.91. The zero-order chi connectivity index (χ0) is 16.9. The fraction of sp³-hybridized carbons (Fsp3) is 0.467. The number of methoxy groups -OCH3 is 1. The summed E-state index contributed by atoms with van der Waals surface area (Å²) in [7, 11) is 1.53. The second-order valence-electron chi connectivity index (χ2n) is 5.27. The van der Waals surface area contributed by atoms with E-state index in [2.05, 4.69) is 16.0 Å². The maximum absolute atomic E-state index is 13.0. The Hall–Kier alpha value is -1.93. The molecule has 6 nitrogen and oxygen atoms in total. The van der Waals surface area contributed by atoms with Gasteiger partial charge in [0, 0.05) is 25.1 Å². The van der Waals surface area contributed by atoms with Crippen LogP contribution >= 0.6 is 12.4 Å². The molecule has 134 valence electrons. The molecule has 1 fully saturated rings. The van der Waals surface area contributed by atoms with Crippen molar-refractivity contribution >= 4 is 24.2 Å². The third-order valence-electron chi connectivity index (χ3n) is 3.49. The minimum absolute atomic E-state index is 0. The van der Waals surface area contributed by atoms with E-state index in [1.165, 1.54) is 7.11 Å². The Labute approximate surface area is 144 Å². The molecule has 0 radical (unpaired) electrons. The molecule has 1 aromatic rings. The highest BCUT2D eigenvalue weighted by atomic mass is 35.5. The molecule has 0 aromatic heterocycles. The molecule has 1 saturated heterocycles. The maximum Gasteiger partial charge on any atom is 0.262 e. The summed E-state index contributed by atoms with van der Waals surface area (Å²) >= 11 is 0. The molecular formula is C15H20ClF2N3O3. The summed E-state index contributed by atoms with van der Waals surface area (Å²) in [5.41, 5.74) is 0.467. The van der Waals surface area contributed by atoms with Gasteiger partial charge in [-0.3, -0.25) is 14.9 Å². The number of carbonyl (C=O) groups is 2. The highest BCUT2D eigenvalue weighted by Crippen LogP contribution is 2.24.